The van der Waals surface area contributed by atoms with Gasteiger partial charge in [-0.05, 0) is 13.8 Å². The first-order valence-electron chi connectivity index (χ1n) is 3.51. The summed E-state index contributed by atoms with van der Waals surface area (Å²) in [6.07, 6.45) is -4.68. The number of alkyl halides is 3. The molecule has 0 rings (SSSR count). The molecule has 0 fully saturated rings. The third-order valence-electron chi connectivity index (χ3n) is 1.29. The first-order valence-corrected chi connectivity index (χ1v) is 3.51. The molecule has 0 aliphatic heterocycles. The summed E-state index contributed by atoms with van der Waals surface area (Å²) in [5, 5.41) is 0. The predicted molar refractivity (Wildman–Crippen MR) is 39.6 cm³/mol. The number of carbonyl (C=O) groups is 1. The average molecular weight is 197 g/mol. The minimum atomic E-state index is -4.68. The van der Waals surface area contributed by atoms with Crippen LogP contribution in [0.2, 0.25) is 0 Å². The van der Waals surface area contributed by atoms with Gasteiger partial charge in [-0.15, -0.1) is 0 Å². The van der Waals surface area contributed by atoms with E-state index in [0.29, 0.717) is 0 Å². The molecule has 0 atom stereocenters. The molecule has 2 N–H and O–H groups in total. The summed E-state index contributed by atoms with van der Waals surface area (Å²) in [6, 6.07) is 0. The van der Waals surface area contributed by atoms with Gasteiger partial charge in [0, 0.05) is 0 Å². The highest BCUT2D eigenvalue weighted by Crippen LogP contribution is 2.24. The number of allylic oxidation sites excluding steroid dienone is 1. The van der Waals surface area contributed by atoms with Crippen molar-refractivity contribution in [2.45, 2.75) is 20.0 Å². The number of hydrogen-bond donors (Lipinski definition) is 1. The third kappa shape index (κ3) is 3.35. The monoisotopic (exact) mass is 197 g/mol. The van der Waals surface area contributed by atoms with Gasteiger partial charge in [0.1, 0.15) is 5.70 Å². The fourth-order valence-electron chi connectivity index (χ4n) is 0.562. The molecule has 0 aliphatic carbocycles. The topological polar surface area (TPSA) is 52.3 Å². The minimum Gasteiger partial charge on any atom is -0.463 e. The highest BCUT2D eigenvalue weighted by Gasteiger charge is 2.34. The molecule has 0 aliphatic rings. The van der Waals surface area contributed by atoms with Crippen LogP contribution in [0.15, 0.2) is 11.3 Å². The SMILES string of the molecule is CCOC(=O)C(C)=C(N)C(F)(F)F. The van der Waals surface area contributed by atoms with Gasteiger partial charge in [0.25, 0.3) is 0 Å². The predicted octanol–water partition coefficient (Wildman–Crippen LogP) is 1.34. The largest absolute Gasteiger partial charge is 0.463 e. The molecule has 0 radical (unpaired) electrons. The van der Waals surface area contributed by atoms with E-state index in [1.165, 1.54) is 6.92 Å². The summed E-state index contributed by atoms with van der Waals surface area (Å²) in [5.41, 5.74) is 2.65. The zero-order valence-electron chi connectivity index (χ0n) is 7.23. The Hall–Kier alpha value is -1.20. The van der Waals surface area contributed by atoms with E-state index in [-0.39, 0.29) is 6.61 Å². The van der Waals surface area contributed by atoms with Crippen LogP contribution in [0.1, 0.15) is 13.8 Å². The van der Waals surface area contributed by atoms with Gasteiger partial charge < -0.3 is 10.5 Å². The van der Waals surface area contributed by atoms with Crippen molar-refractivity contribution in [3.63, 3.8) is 0 Å². The number of ether oxygens (including phenoxy) is 1. The van der Waals surface area contributed by atoms with Crippen LogP contribution in [0.5, 0.6) is 0 Å². The van der Waals surface area contributed by atoms with Gasteiger partial charge in [0.05, 0.1) is 12.2 Å². The standard InChI is InChI=1S/C7H10F3NO2/c1-3-13-6(12)4(2)5(11)7(8,9)10/h3,11H2,1-2H3. The second kappa shape index (κ2) is 4.15. The van der Waals surface area contributed by atoms with Crippen LogP contribution >= 0.6 is 0 Å². The van der Waals surface area contributed by atoms with Crippen molar-refractivity contribution in [2.24, 2.45) is 5.73 Å². The Balaban J connectivity index is 4.72. The van der Waals surface area contributed by atoms with Gasteiger partial charge in [0.15, 0.2) is 0 Å². The molecule has 0 unspecified atom stereocenters. The second-order valence-corrected chi connectivity index (χ2v) is 2.26. The van der Waals surface area contributed by atoms with E-state index >= 15 is 0 Å². The number of hydrogen-bond acceptors (Lipinski definition) is 3. The van der Waals surface area contributed by atoms with E-state index in [1.807, 2.05) is 0 Å². The summed E-state index contributed by atoms with van der Waals surface area (Å²) in [7, 11) is 0. The minimum absolute atomic E-state index is 0.0152. The lowest BCUT2D eigenvalue weighted by molar-refractivity contribution is -0.139. The quantitative estimate of drug-likeness (QED) is 0.537. The highest BCUT2D eigenvalue weighted by molar-refractivity contribution is 5.88. The molecule has 13 heavy (non-hydrogen) atoms. The van der Waals surface area contributed by atoms with E-state index in [1.54, 1.807) is 0 Å². The molecule has 0 aromatic rings. The van der Waals surface area contributed by atoms with Gasteiger partial charge in [-0.2, -0.15) is 13.2 Å². The smallest absolute Gasteiger partial charge is 0.431 e. The first-order chi connectivity index (χ1) is 5.80. The average Bonchev–Trinajstić information content (AvgIpc) is 2.00. The Morgan fingerprint density at radius 2 is 1.92 bits per heavy atom. The van der Waals surface area contributed by atoms with E-state index < -0.39 is 23.4 Å². The Kier molecular flexibility index (Phi) is 3.77. The molecular weight excluding hydrogens is 187 g/mol. The van der Waals surface area contributed by atoms with Crippen LogP contribution in [-0.2, 0) is 9.53 Å². The normalized spacial score (nSPS) is 13.6. The number of halogens is 3. The maximum atomic E-state index is 11.9. The molecule has 0 spiro atoms. The molecule has 0 bridgehead atoms. The molecular formula is C7H10F3NO2. The van der Waals surface area contributed by atoms with Crippen molar-refractivity contribution in [1.82, 2.24) is 0 Å². The van der Waals surface area contributed by atoms with Crippen LogP contribution in [0.3, 0.4) is 0 Å². The molecule has 0 saturated carbocycles. The molecule has 0 heterocycles. The number of nitrogens with two attached hydrogens (primary N) is 1. The fourth-order valence-corrected chi connectivity index (χ4v) is 0.562. The van der Waals surface area contributed by atoms with E-state index in [2.05, 4.69) is 10.5 Å². The molecule has 76 valence electrons. The van der Waals surface area contributed by atoms with Crippen LogP contribution in [0.25, 0.3) is 0 Å². The number of rotatable bonds is 2. The summed E-state index contributed by atoms with van der Waals surface area (Å²) in [4.78, 5) is 10.8. The summed E-state index contributed by atoms with van der Waals surface area (Å²) < 4.78 is 40.1. The molecule has 0 aromatic heterocycles. The molecule has 0 aromatic carbocycles. The fraction of sp³-hybridized carbons (Fsp3) is 0.571. The van der Waals surface area contributed by atoms with E-state index in [0.717, 1.165) is 6.92 Å². The lowest BCUT2D eigenvalue weighted by atomic mass is 10.2. The lowest BCUT2D eigenvalue weighted by Gasteiger charge is -2.09. The zero-order chi connectivity index (χ0) is 10.6. The van der Waals surface area contributed by atoms with Gasteiger partial charge in [-0.25, -0.2) is 4.79 Å². The molecule has 6 heteroatoms. The van der Waals surface area contributed by atoms with Gasteiger partial charge in [-0.3, -0.25) is 0 Å². The number of carbonyl (C=O) groups excluding carboxylic acids is 1. The van der Waals surface area contributed by atoms with Crippen LogP contribution in [-0.4, -0.2) is 18.8 Å². The third-order valence-corrected chi connectivity index (χ3v) is 1.29. The van der Waals surface area contributed by atoms with Crippen molar-refractivity contribution in [3.05, 3.63) is 11.3 Å². The van der Waals surface area contributed by atoms with Crippen LogP contribution in [0, 0.1) is 0 Å². The second-order valence-electron chi connectivity index (χ2n) is 2.26. The number of esters is 1. The zero-order valence-corrected chi connectivity index (χ0v) is 7.23. The summed E-state index contributed by atoms with van der Waals surface area (Å²) in [5.74, 6) is -1.04. The van der Waals surface area contributed by atoms with Crippen LogP contribution < -0.4 is 5.73 Å². The van der Waals surface area contributed by atoms with E-state index in [9.17, 15) is 18.0 Å². The Labute approximate surface area is 73.4 Å². The van der Waals surface area contributed by atoms with Crippen molar-refractivity contribution in [2.75, 3.05) is 6.61 Å². The van der Waals surface area contributed by atoms with E-state index in [4.69, 9.17) is 0 Å². The van der Waals surface area contributed by atoms with Crippen LogP contribution in [0.4, 0.5) is 13.2 Å². The van der Waals surface area contributed by atoms with Crippen molar-refractivity contribution >= 4 is 5.97 Å². The lowest BCUT2D eigenvalue weighted by Crippen LogP contribution is -2.24. The Morgan fingerprint density at radius 1 is 1.46 bits per heavy atom. The molecule has 3 nitrogen and oxygen atoms in total. The molecule has 0 amide bonds. The summed E-state index contributed by atoms with van der Waals surface area (Å²) >= 11 is 0. The van der Waals surface area contributed by atoms with Gasteiger partial charge in [-0.1, -0.05) is 0 Å². The summed E-state index contributed by atoms with van der Waals surface area (Å²) in [6.45, 7) is 2.48. The maximum Gasteiger partial charge on any atom is 0.431 e. The Morgan fingerprint density at radius 3 is 2.23 bits per heavy atom. The van der Waals surface area contributed by atoms with Crippen molar-refractivity contribution in [3.8, 4) is 0 Å². The van der Waals surface area contributed by atoms with Gasteiger partial charge in [0.2, 0.25) is 0 Å². The highest BCUT2D eigenvalue weighted by atomic mass is 19.4. The molecule has 0 saturated heterocycles. The Bertz CT molecular complexity index is 232. The van der Waals surface area contributed by atoms with Crippen molar-refractivity contribution in [1.29, 1.82) is 0 Å². The van der Waals surface area contributed by atoms with Crippen molar-refractivity contribution < 1.29 is 22.7 Å². The maximum absolute atomic E-state index is 11.9. The first kappa shape index (κ1) is 11.8. The van der Waals surface area contributed by atoms with Gasteiger partial charge >= 0.3 is 12.1 Å².